The lowest BCUT2D eigenvalue weighted by Gasteiger charge is -2.15. The topological polar surface area (TPSA) is 67.4 Å². The average Bonchev–Trinajstić information content (AvgIpc) is 3.08. The highest BCUT2D eigenvalue weighted by molar-refractivity contribution is 9.10. The summed E-state index contributed by atoms with van der Waals surface area (Å²) in [5.74, 6) is -0.396. The highest BCUT2D eigenvalue weighted by atomic mass is 79.9. The highest BCUT2D eigenvalue weighted by Crippen LogP contribution is 2.36. The van der Waals surface area contributed by atoms with Crippen molar-refractivity contribution in [2.75, 3.05) is 12.4 Å². The van der Waals surface area contributed by atoms with Gasteiger partial charge >= 0.3 is 12.0 Å². The number of carbonyl (C=O) groups is 2. The summed E-state index contributed by atoms with van der Waals surface area (Å²) in [6.07, 6.45) is 1.23. The summed E-state index contributed by atoms with van der Waals surface area (Å²) in [7, 11) is 1.32. The maximum atomic E-state index is 11.8. The van der Waals surface area contributed by atoms with Gasteiger partial charge in [-0.25, -0.2) is 9.59 Å². The van der Waals surface area contributed by atoms with Crippen molar-refractivity contribution < 1.29 is 14.3 Å². The number of amides is 2. The van der Waals surface area contributed by atoms with Crippen LogP contribution in [0.4, 0.5) is 10.5 Å². The maximum absolute atomic E-state index is 11.8. The average molecular weight is 313 g/mol. The fraction of sp³-hybridized carbons (Fsp3) is 0.333. The number of hydrogen-bond acceptors (Lipinski definition) is 3. The molecule has 0 saturated heterocycles. The SMILES string of the molecule is COC(=O)C1(NC(=O)Nc2cccc(Br)c2)CC1. The minimum atomic E-state index is -0.829. The monoisotopic (exact) mass is 312 g/mol. The summed E-state index contributed by atoms with van der Waals surface area (Å²) in [5.41, 5.74) is -0.173. The number of benzene rings is 1. The maximum Gasteiger partial charge on any atom is 0.331 e. The molecule has 5 nitrogen and oxygen atoms in total. The summed E-state index contributed by atoms with van der Waals surface area (Å²) in [6, 6.07) is 6.81. The molecule has 1 aromatic carbocycles. The van der Waals surface area contributed by atoms with Gasteiger partial charge in [0.05, 0.1) is 7.11 Å². The third kappa shape index (κ3) is 2.81. The fourth-order valence-corrected chi connectivity index (χ4v) is 2.05. The number of ether oxygens (including phenoxy) is 1. The van der Waals surface area contributed by atoms with Crippen LogP contribution < -0.4 is 10.6 Å². The summed E-state index contributed by atoms with van der Waals surface area (Å²) >= 11 is 3.31. The third-order valence-electron chi connectivity index (χ3n) is 2.76. The van der Waals surface area contributed by atoms with Crippen molar-refractivity contribution in [3.8, 4) is 0 Å². The van der Waals surface area contributed by atoms with E-state index >= 15 is 0 Å². The molecule has 0 bridgehead atoms. The smallest absolute Gasteiger partial charge is 0.331 e. The largest absolute Gasteiger partial charge is 0.467 e. The predicted octanol–water partition coefficient (Wildman–Crippen LogP) is 2.28. The van der Waals surface area contributed by atoms with Gasteiger partial charge in [0.25, 0.3) is 0 Å². The second-order valence-corrected chi connectivity index (χ2v) is 5.08. The zero-order chi connectivity index (χ0) is 13.2. The summed E-state index contributed by atoms with van der Waals surface area (Å²) < 4.78 is 5.53. The van der Waals surface area contributed by atoms with E-state index in [-0.39, 0.29) is 0 Å². The van der Waals surface area contributed by atoms with Crippen LogP contribution in [0.15, 0.2) is 28.7 Å². The Bertz CT molecular complexity index is 486. The number of hydrogen-bond donors (Lipinski definition) is 2. The van der Waals surface area contributed by atoms with Gasteiger partial charge in [0.2, 0.25) is 0 Å². The first kappa shape index (κ1) is 12.9. The molecule has 0 aliphatic heterocycles. The number of esters is 1. The second kappa shape index (κ2) is 4.97. The van der Waals surface area contributed by atoms with E-state index in [1.807, 2.05) is 12.1 Å². The van der Waals surface area contributed by atoms with Crippen LogP contribution in [0.1, 0.15) is 12.8 Å². The minimum absolute atomic E-state index is 0.396. The van der Waals surface area contributed by atoms with Crippen molar-refractivity contribution in [3.05, 3.63) is 28.7 Å². The van der Waals surface area contributed by atoms with Crippen LogP contribution in [0.2, 0.25) is 0 Å². The van der Waals surface area contributed by atoms with Crippen molar-refractivity contribution in [3.63, 3.8) is 0 Å². The van der Waals surface area contributed by atoms with Crippen LogP contribution in [0.3, 0.4) is 0 Å². The standard InChI is InChI=1S/C12H13BrN2O3/c1-18-10(16)12(5-6-12)15-11(17)14-9-4-2-3-8(13)7-9/h2-4,7H,5-6H2,1H3,(H2,14,15,17). The third-order valence-corrected chi connectivity index (χ3v) is 3.25. The fourth-order valence-electron chi connectivity index (χ4n) is 1.65. The van der Waals surface area contributed by atoms with Crippen LogP contribution in [0.5, 0.6) is 0 Å². The van der Waals surface area contributed by atoms with E-state index in [2.05, 4.69) is 31.3 Å². The van der Waals surface area contributed by atoms with Crippen LogP contribution in [0.25, 0.3) is 0 Å². The van der Waals surface area contributed by atoms with Gasteiger partial charge < -0.3 is 15.4 Å². The molecular weight excluding hydrogens is 300 g/mol. The van der Waals surface area contributed by atoms with Crippen LogP contribution in [0, 0.1) is 0 Å². The van der Waals surface area contributed by atoms with Crippen molar-refractivity contribution in [1.82, 2.24) is 5.32 Å². The van der Waals surface area contributed by atoms with Gasteiger partial charge in [-0.15, -0.1) is 0 Å². The number of rotatable bonds is 3. The van der Waals surface area contributed by atoms with Gasteiger partial charge in [-0.2, -0.15) is 0 Å². The van der Waals surface area contributed by atoms with Gasteiger partial charge in [0, 0.05) is 10.2 Å². The minimum Gasteiger partial charge on any atom is -0.467 e. The molecule has 2 amide bonds. The molecule has 0 unspecified atom stereocenters. The second-order valence-electron chi connectivity index (χ2n) is 4.16. The number of anilines is 1. The Hall–Kier alpha value is -1.56. The first-order chi connectivity index (χ1) is 8.55. The van der Waals surface area contributed by atoms with Crippen molar-refractivity contribution in [1.29, 1.82) is 0 Å². The van der Waals surface area contributed by atoms with E-state index in [0.717, 1.165) is 4.47 Å². The van der Waals surface area contributed by atoms with Crippen LogP contribution >= 0.6 is 15.9 Å². The summed E-state index contributed by atoms with van der Waals surface area (Å²) in [6.45, 7) is 0. The molecule has 6 heteroatoms. The Morgan fingerprint density at radius 1 is 1.39 bits per heavy atom. The van der Waals surface area contributed by atoms with Gasteiger partial charge in [0.15, 0.2) is 0 Å². The molecule has 0 radical (unpaired) electrons. The predicted molar refractivity (Wildman–Crippen MR) is 70.3 cm³/mol. The first-order valence-electron chi connectivity index (χ1n) is 5.49. The van der Waals surface area contributed by atoms with Crippen molar-refractivity contribution >= 4 is 33.6 Å². The van der Waals surface area contributed by atoms with Gasteiger partial charge in [0.1, 0.15) is 5.54 Å². The quantitative estimate of drug-likeness (QED) is 0.841. The first-order valence-corrected chi connectivity index (χ1v) is 6.28. The zero-order valence-corrected chi connectivity index (χ0v) is 11.4. The Balaban J connectivity index is 1.96. The van der Waals surface area contributed by atoms with E-state index in [9.17, 15) is 9.59 Å². The number of halogens is 1. The Morgan fingerprint density at radius 3 is 2.67 bits per heavy atom. The molecular formula is C12H13BrN2O3. The lowest BCUT2D eigenvalue weighted by Crippen LogP contribution is -2.45. The van der Waals surface area contributed by atoms with Crippen molar-refractivity contribution in [2.24, 2.45) is 0 Å². The zero-order valence-electron chi connectivity index (χ0n) is 9.83. The number of nitrogens with one attached hydrogen (secondary N) is 2. The van der Waals surface area contributed by atoms with Gasteiger partial charge in [-0.1, -0.05) is 22.0 Å². The lowest BCUT2D eigenvalue weighted by molar-refractivity contribution is -0.144. The van der Waals surface area contributed by atoms with E-state index in [4.69, 9.17) is 0 Å². The Kier molecular flexibility index (Phi) is 3.56. The molecule has 1 aliphatic carbocycles. The van der Waals surface area contributed by atoms with Crippen molar-refractivity contribution in [2.45, 2.75) is 18.4 Å². The molecule has 96 valence electrons. The molecule has 0 aromatic heterocycles. The molecule has 18 heavy (non-hydrogen) atoms. The Labute approximate surface area is 113 Å². The Morgan fingerprint density at radius 2 is 2.11 bits per heavy atom. The number of urea groups is 1. The van der Waals surface area contributed by atoms with E-state index in [0.29, 0.717) is 18.5 Å². The summed E-state index contributed by atoms with van der Waals surface area (Å²) in [5, 5.41) is 5.32. The molecule has 2 N–H and O–H groups in total. The van der Waals surface area contributed by atoms with E-state index in [1.54, 1.807) is 12.1 Å². The molecule has 1 aliphatic rings. The van der Waals surface area contributed by atoms with Gasteiger partial charge in [-0.3, -0.25) is 0 Å². The van der Waals surface area contributed by atoms with E-state index < -0.39 is 17.5 Å². The molecule has 1 fully saturated rings. The number of methoxy groups -OCH3 is 1. The molecule has 2 rings (SSSR count). The molecule has 1 aromatic rings. The molecule has 0 spiro atoms. The van der Waals surface area contributed by atoms with Crippen LogP contribution in [-0.2, 0) is 9.53 Å². The molecule has 0 atom stereocenters. The normalized spacial score (nSPS) is 15.7. The summed E-state index contributed by atoms with van der Waals surface area (Å²) in [4.78, 5) is 23.2. The lowest BCUT2D eigenvalue weighted by atomic mass is 10.3. The molecule has 1 saturated carbocycles. The van der Waals surface area contributed by atoms with Gasteiger partial charge in [-0.05, 0) is 31.0 Å². The number of carbonyl (C=O) groups excluding carboxylic acids is 2. The van der Waals surface area contributed by atoms with Crippen LogP contribution in [-0.4, -0.2) is 24.6 Å². The highest BCUT2D eigenvalue weighted by Gasteiger charge is 2.52. The van der Waals surface area contributed by atoms with E-state index in [1.165, 1.54) is 7.11 Å². The molecule has 0 heterocycles.